The van der Waals surface area contributed by atoms with Crippen LogP contribution in [0.3, 0.4) is 0 Å². The summed E-state index contributed by atoms with van der Waals surface area (Å²) in [5.41, 5.74) is 0. The molecule has 6 heteroatoms. The number of aryl methyl sites for hydroxylation is 1. The Bertz CT molecular complexity index is 452. The number of thiazole rings is 1. The zero-order valence-corrected chi connectivity index (χ0v) is 11.0. The number of nitrogens with one attached hydrogen (secondary N) is 1. The Morgan fingerprint density at radius 1 is 1.56 bits per heavy atom. The Kier molecular flexibility index (Phi) is 3.96. The van der Waals surface area contributed by atoms with Gasteiger partial charge in [-0.25, -0.2) is 4.98 Å². The molecule has 1 aromatic rings. The smallest absolute Gasteiger partial charge is 0.306 e. The third kappa shape index (κ3) is 2.87. The molecule has 0 bridgehead atoms. The first-order chi connectivity index (χ1) is 8.60. The highest BCUT2D eigenvalue weighted by molar-refractivity contribution is 7.13. The Labute approximate surface area is 109 Å². The van der Waals surface area contributed by atoms with Crippen molar-refractivity contribution in [2.75, 3.05) is 0 Å². The predicted molar refractivity (Wildman–Crippen MR) is 67.7 cm³/mol. The van der Waals surface area contributed by atoms with Crippen molar-refractivity contribution in [1.29, 1.82) is 0 Å². The van der Waals surface area contributed by atoms with E-state index in [-0.39, 0.29) is 17.9 Å². The quantitative estimate of drug-likeness (QED) is 0.851. The maximum Gasteiger partial charge on any atom is 0.306 e. The molecule has 0 aromatic carbocycles. The molecule has 1 saturated carbocycles. The summed E-state index contributed by atoms with van der Waals surface area (Å²) in [5.74, 6) is -1.21. The number of hydrogen-bond donors (Lipinski definition) is 2. The second-order valence-corrected chi connectivity index (χ2v) is 5.66. The first-order valence-electron chi connectivity index (χ1n) is 6.08. The number of carboxylic acids is 1. The van der Waals surface area contributed by atoms with Crippen LogP contribution in [0, 0.1) is 5.92 Å². The summed E-state index contributed by atoms with van der Waals surface area (Å²) in [5, 5.41) is 12.6. The van der Waals surface area contributed by atoms with Gasteiger partial charge < -0.3 is 10.4 Å². The fraction of sp³-hybridized carbons (Fsp3) is 0.583. The van der Waals surface area contributed by atoms with Gasteiger partial charge in [0.2, 0.25) is 0 Å². The lowest BCUT2D eigenvalue weighted by molar-refractivity contribution is -0.145. The molecule has 1 amide bonds. The van der Waals surface area contributed by atoms with E-state index >= 15 is 0 Å². The molecule has 98 valence electrons. The van der Waals surface area contributed by atoms with Crippen LogP contribution in [0.25, 0.3) is 0 Å². The van der Waals surface area contributed by atoms with E-state index in [0.717, 1.165) is 17.8 Å². The van der Waals surface area contributed by atoms with Gasteiger partial charge in [0.15, 0.2) is 0 Å². The van der Waals surface area contributed by atoms with Gasteiger partial charge in [0.25, 0.3) is 5.91 Å². The van der Waals surface area contributed by atoms with Crippen LogP contribution in [0.1, 0.15) is 40.9 Å². The summed E-state index contributed by atoms with van der Waals surface area (Å²) >= 11 is 1.41. The molecule has 1 aliphatic carbocycles. The first-order valence-corrected chi connectivity index (χ1v) is 6.90. The Hall–Kier alpha value is -1.43. The Morgan fingerprint density at radius 2 is 2.28 bits per heavy atom. The van der Waals surface area contributed by atoms with Crippen LogP contribution in [0.4, 0.5) is 0 Å². The average Bonchev–Trinajstić information content (AvgIpc) is 2.71. The molecule has 5 nitrogen and oxygen atoms in total. The van der Waals surface area contributed by atoms with Crippen LogP contribution < -0.4 is 5.32 Å². The van der Waals surface area contributed by atoms with Crippen LogP contribution in [-0.4, -0.2) is 28.0 Å². The molecule has 2 rings (SSSR count). The number of carbonyl (C=O) groups excluding carboxylic acids is 1. The Balaban J connectivity index is 1.83. The minimum Gasteiger partial charge on any atom is -0.481 e. The summed E-state index contributed by atoms with van der Waals surface area (Å²) in [6.07, 6.45) is 4.56. The molecule has 0 saturated heterocycles. The van der Waals surface area contributed by atoms with E-state index in [4.69, 9.17) is 5.11 Å². The van der Waals surface area contributed by atoms with Crippen molar-refractivity contribution in [3.8, 4) is 0 Å². The fourth-order valence-corrected chi connectivity index (χ4v) is 2.86. The first kappa shape index (κ1) is 13.0. The van der Waals surface area contributed by atoms with Crippen molar-refractivity contribution >= 4 is 23.2 Å². The normalized spacial score (nSPS) is 22.3. The number of amides is 1. The number of aliphatic carboxylic acids is 1. The van der Waals surface area contributed by atoms with Gasteiger partial charge in [-0.05, 0) is 25.7 Å². The van der Waals surface area contributed by atoms with Gasteiger partial charge in [-0.3, -0.25) is 9.59 Å². The summed E-state index contributed by atoms with van der Waals surface area (Å²) in [4.78, 5) is 27.3. The number of carbonyl (C=O) groups is 2. The molecule has 1 aromatic heterocycles. The highest BCUT2D eigenvalue weighted by Crippen LogP contribution is 2.28. The van der Waals surface area contributed by atoms with Gasteiger partial charge >= 0.3 is 5.97 Å². The molecule has 0 radical (unpaired) electrons. The largest absolute Gasteiger partial charge is 0.481 e. The molecule has 18 heavy (non-hydrogen) atoms. The van der Waals surface area contributed by atoms with E-state index in [1.165, 1.54) is 11.3 Å². The summed E-state index contributed by atoms with van der Waals surface area (Å²) in [6.45, 7) is 2.07. The summed E-state index contributed by atoms with van der Waals surface area (Å²) in [7, 11) is 0. The number of aromatic nitrogens is 1. The highest BCUT2D eigenvalue weighted by atomic mass is 32.1. The number of rotatable bonds is 5. The number of nitrogens with zero attached hydrogens (tertiary/aromatic N) is 1. The third-order valence-corrected chi connectivity index (χ3v) is 4.12. The van der Waals surface area contributed by atoms with E-state index in [9.17, 15) is 9.59 Å². The fourth-order valence-electron chi connectivity index (χ4n) is 1.94. The highest BCUT2D eigenvalue weighted by Gasteiger charge is 2.35. The van der Waals surface area contributed by atoms with Crippen LogP contribution in [0.2, 0.25) is 0 Å². The van der Waals surface area contributed by atoms with Crippen molar-refractivity contribution < 1.29 is 14.7 Å². The number of carboxylic acid groups (broad SMARTS) is 1. The van der Waals surface area contributed by atoms with E-state index in [1.54, 1.807) is 6.20 Å². The summed E-state index contributed by atoms with van der Waals surface area (Å²) in [6, 6.07) is -0.00433. The maximum atomic E-state index is 11.9. The lowest BCUT2D eigenvalue weighted by Crippen LogP contribution is -2.46. The lowest BCUT2D eigenvalue weighted by Gasteiger charge is -2.32. The van der Waals surface area contributed by atoms with E-state index in [1.807, 2.05) is 0 Å². The van der Waals surface area contributed by atoms with E-state index in [2.05, 4.69) is 17.2 Å². The molecule has 1 aliphatic rings. The maximum absolute atomic E-state index is 11.9. The van der Waals surface area contributed by atoms with Crippen molar-refractivity contribution in [3.05, 3.63) is 16.1 Å². The average molecular weight is 268 g/mol. The van der Waals surface area contributed by atoms with E-state index < -0.39 is 5.97 Å². The van der Waals surface area contributed by atoms with Crippen molar-refractivity contribution in [2.24, 2.45) is 5.92 Å². The molecule has 2 N–H and O–H groups in total. The molecule has 0 spiro atoms. The van der Waals surface area contributed by atoms with E-state index in [0.29, 0.717) is 17.7 Å². The van der Waals surface area contributed by atoms with Crippen molar-refractivity contribution in [2.45, 2.75) is 38.6 Å². The molecular formula is C12H16N2O3S. The predicted octanol–water partition coefficient (Wildman–Crippen LogP) is 1.69. The summed E-state index contributed by atoms with van der Waals surface area (Å²) < 4.78 is 0. The minimum absolute atomic E-state index is 0.00433. The number of hydrogen-bond acceptors (Lipinski definition) is 4. The molecule has 0 atom stereocenters. The van der Waals surface area contributed by atoms with Gasteiger partial charge in [-0.2, -0.15) is 0 Å². The van der Waals surface area contributed by atoms with Crippen LogP contribution in [-0.2, 0) is 11.2 Å². The van der Waals surface area contributed by atoms with Gasteiger partial charge in [-0.15, -0.1) is 11.3 Å². The zero-order valence-electron chi connectivity index (χ0n) is 10.2. The second kappa shape index (κ2) is 5.48. The minimum atomic E-state index is -0.775. The lowest BCUT2D eigenvalue weighted by atomic mass is 9.80. The standard InChI is InChI=1S/C12H16N2O3S/c1-2-3-10-13-6-9(18-10)11(15)14-8-4-7(5-8)12(16)17/h6-8H,2-5H2,1H3,(H,14,15)(H,16,17). The molecule has 0 unspecified atom stereocenters. The molecule has 0 aliphatic heterocycles. The molecular weight excluding hydrogens is 252 g/mol. The molecule has 1 heterocycles. The molecule has 1 fully saturated rings. The van der Waals surface area contributed by atoms with Gasteiger partial charge in [0, 0.05) is 6.04 Å². The van der Waals surface area contributed by atoms with Crippen molar-refractivity contribution in [3.63, 3.8) is 0 Å². The monoisotopic (exact) mass is 268 g/mol. The second-order valence-electron chi connectivity index (χ2n) is 4.55. The van der Waals surface area contributed by atoms with Gasteiger partial charge in [-0.1, -0.05) is 6.92 Å². The van der Waals surface area contributed by atoms with Crippen LogP contribution in [0.5, 0.6) is 0 Å². The third-order valence-electron chi connectivity index (χ3n) is 3.06. The van der Waals surface area contributed by atoms with Gasteiger partial charge in [0.05, 0.1) is 17.1 Å². The van der Waals surface area contributed by atoms with Crippen molar-refractivity contribution in [1.82, 2.24) is 10.3 Å². The van der Waals surface area contributed by atoms with Crippen LogP contribution >= 0.6 is 11.3 Å². The SMILES string of the molecule is CCCc1ncc(C(=O)NC2CC(C(=O)O)C2)s1. The Morgan fingerprint density at radius 3 is 2.89 bits per heavy atom. The zero-order chi connectivity index (χ0) is 13.1. The van der Waals surface area contributed by atoms with Crippen LogP contribution in [0.15, 0.2) is 6.20 Å². The topological polar surface area (TPSA) is 79.3 Å². The van der Waals surface area contributed by atoms with Gasteiger partial charge in [0.1, 0.15) is 4.88 Å².